The molecule has 0 unspecified atom stereocenters. The molecule has 1 rings (SSSR count). The molecular weight excluding hydrogens is 218 g/mol. The maximum Gasteiger partial charge on any atom is 0.312 e. The zero-order valence-electron chi connectivity index (χ0n) is 11.2. The van der Waals surface area contributed by atoms with Gasteiger partial charge in [-0.15, -0.1) is 0 Å². The molecule has 1 heterocycles. The van der Waals surface area contributed by atoms with Crippen molar-refractivity contribution in [3.05, 3.63) is 0 Å². The van der Waals surface area contributed by atoms with Crippen molar-refractivity contribution < 1.29 is 9.59 Å². The summed E-state index contributed by atoms with van der Waals surface area (Å²) in [6.45, 7) is 9.50. The number of nitrogens with one attached hydrogen (secondary N) is 1. The Labute approximate surface area is 103 Å². The van der Waals surface area contributed by atoms with E-state index in [0.717, 1.165) is 13.1 Å². The van der Waals surface area contributed by atoms with E-state index in [-0.39, 0.29) is 11.3 Å². The van der Waals surface area contributed by atoms with E-state index in [4.69, 9.17) is 0 Å². The second kappa shape index (κ2) is 5.49. The molecule has 0 aliphatic carbocycles. The summed E-state index contributed by atoms with van der Waals surface area (Å²) in [6, 6.07) is 0. The Morgan fingerprint density at radius 2 is 1.76 bits per heavy atom. The van der Waals surface area contributed by atoms with Crippen LogP contribution in [-0.4, -0.2) is 61.4 Å². The Bertz CT molecular complexity index is 291. The number of likely N-dealkylation sites (N-methyl/N-ethyl adjacent to an activating group) is 1. The topological polar surface area (TPSA) is 52.7 Å². The molecule has 17 heavy (non-hydrogen) atoms. The third-order valence-corrected chi connectivity index (χ3v) is 2.65. The summed E-state index contributed by atoms with van der Waals surface area (Å²) in [6.07, 6.45) is 0. The van der Waals surface area contributed by atoms with Crippen LogP contribution in [0.5, 0.6) is 0 Å². The molecule has 0 atom stereocenters. The van der Waals surface area contributed by atoms with Crippen molar-refractivity contribution in [3.8, 4) is 0 Å². The van der Waals surface area contributed by atoms with Gasteiger partial charge in [0.1, 0.15) is 0 Å². The SMILES string of the molecule is CN(CC(C)(C)C)C(=O)C(=O)N1CCNCC1. The molecule has 98 valence electrons. The summed E-state index contributed by atoms with van der Waals surface area (Å²) in [7, 11) is 1.69. The van der Waals surface area contributed by atoms with Gasteiger partial charge in [0.2, 0.25) is 0 Å². The lowest BCUT2D eigenvalue weighted by molar-refractivity contribution is -0.152. The Hall–Kier alpha value is -1.10. The summed E-state index contributed by atoms with van der Waals surface area (Å²) in [5, 5.41) is 3.16. The third-order valence-electron chi connectivity index (χ3n) is 2.65. The predicted molar refractivity (Wildman–Crippen MR) is 66.5 cm³/mol. The number of amides is 2. The van der Waals surface area contributed by atoms with Gasteiger partial charge in [-0.3, -0.25) is 9.59 Å². The second-order valence-corrected chi connectivity index (χ2v) is 5.76. The van der Waals surface area contributed by atoms with Crippen LogP contribution >= 0.6 is 0 Å². The van der Waals surface area contributed by atoms with Crippen LogP contribution < -0.4 is 5.32 Å². The van der Waals surface area contributed by atoms with Crippen LogP contribution in [0.4, 0.5) is 0 Å². The van der Waals surface area contributed by atoms with E-state index < -0.39 is 5.91 Å². The Balaban J connectivity index is 2.53. The predicted octanol–water partition coefficient (Wildman–Crippen LogP) is -0.0773. The fourth-order valence-electron chi connectivity index (χ4n) is 1.95. The molecule has 0 aromatic rings. The van der Waals surface area contributed by atoms with E-state index in [1.54, 1.807) is 11.9 Å². The van der Waals surface area contributed by atoms with E-state index in [9.17, 15) is 9.59 Å². The van der Waals surface area contributed by atoms with Crippen molar-refractivity contribution in [1.82, 2.24) is 15.1 Å². The standard InChI is InChI=1S/C12H23N3O2/c1-12(2,3)9-14(4)10(16)11(17)15-7-5-13-6-8-15/h13H,5-9H2,1-4H3. The largest absolute Gasteiger partial charge is 0.337 e. The molecule has 2 amide bonds. The van der Waals surface area contributed by atoms with Crippen LogP contribution in [0.2, 0.25) is 0 Å². The minimum atomic E-state index is -0.401. The lowest BCUT2D eigenvalue weighted by atomic mass is 9.96. The Morgan fingerprint density at radius 1 is 1.24 bits per heavy atom. The smallest absolute Gasteiger partial charge is 0.312 e. The first kappa shape index (κ1) is 14.0. The quantitative estimate of drug-likeness (QED) is 0.654. The summed E-state index contributed by atoms with van der Waals surface area (Å²) in [5.74, 6) is -0.778. The van der Waals surface area contributed by atoms with Gasteiger partial charge < -0.3 is 15.1 Å². The van der Waals surface area contributed by atoms with Crippen molar-refractivity contribution in [2.75, 3.05) is 39.8 Å². The van der Waals surface area contributed by atoms with E-state index in [0.29, 0.717) is 19.6 Å². The van der Waals surface area contributed by atoms with Gasteiger partial charge in [0, 0.05) is 39.8 Å². The van der Waals surface area contributed by atoms with Crippen LogP contribution in [0, 0.1) is 5.41 Å². The zero-order chi connectivity index (χ0) is 13.1. The lowest BCUT2D eigenvalue weighted by Crippen LogP contribution is -2.52. The summed E-state index contributed by atoms with van der Waals surface area (Å²) < 4.78 is 0. The Kier molecular flexibility index (Phi) is 4.51. The highest BCUT2D eigenvalue weighted by Gasteiger charge is 2.27. The summed E-state index contributed by atoms with van der Waals surface area (Å²) >= 11 is 0. The number of rotatable bonds is 1. The van der Waals surface area contributed by atoms with Crippen molar-refractivity contribution in [2.45, 2.75) is 20.8 Å². The molecule has 1 fully saturated rings. The highest BCUT2D eigenvalue weighted by atomic mass is 16.2. The number of hydrogen-bond acceptors (Lipinski definition) is 3. The first-order valence-corrected chi connectivity index (χ1v) is 6.06. The molecule has 0 spiro atoms. The Morgan fingerprint density at radius 3 is 2.24 bits per heavy atom. The molecule has 0 aromatic carbocycles. The maximum atomic E-state index is 11.9. The minimum Gasteiger partial charge on any atom is -0.337 e. The van der Waals surface area contributed by atoms with Gasteiger partial charge in [-0.05, 0) is 5.41 Å². The number of nitrogens with zero attached hydrogens (tertiary/aromatic N) is 2. The minimum absolute atomic E-state index is 0.00808. The average molecular weight is 241 g/mol. The van der Waals surface area contributed by atoms with Gasteiger partial charge in [-0.1, -0.05) is 20.8 Å². The van der Waals surface area contributed by atoms with Crippen molar-refractivity contribution in [3.63, 3.8) is 0 Å². The molecule has 5 nitrogen and oxygen atoms in total. The van der Waals surface area contributed by atoms with E-state index in [1.165, 1.54) is 4.90 Å². The van der Waals surface area contributed by atoms with Crippen LogP contribution in [0.15, 0.2) is 0 Å². The van der Waals surface area contributed by atoms with Crippen molar-refractivity contribution in [2.24, 2.45) is 5.41 Å². The summed E-state index contributed by atoms with van der Waals surface area (Å²) in [5.41, 5.74) is 0.00808. The second-order valence-electron chi connectivity index (χ2n) is 5.76. The number of carbonyl (C=O) groups excluding carboxylic acids is 2. The number of hydrogen-bond donors (Lipinski definition) is 1. The van der Waals surface area contributed by atoms with Gasteiger partial charge in [0.15, 0.2) is 0 Å². The van der Waals surface area contributed by atoms with Crippen molar-refractivity contribution >= 4 is 11.8 Å². The number of piperazine rings is 1. The van der Waals surface area contributed by atoms with Crippen LogP contribution in [0.3, 0.4) is 0 Å². The third kappa shape index (κ3) is 4.34. The molecule has 5 heteroatoms. The molecule has 1 saturated heterocycles. The van der Waals surface area contributed by atoms with Crippen molar-refractivity contribution in [1.29, 1.82) is 0 Å². The van der Waals surface area contributed by atoms with E-state index in [2.05, 4.69) is 5.32 Å². The number of carbonyl (C=O) groups is 2. The van der Waals surface area contributed by atoms with Crippen LogP contribution in [0.25, 0.3) is 0 Å². The highest BCUT2D eigenvalue weighted by molar-refractivity contribution is 6.34. The molecule has 0 aromatic heterocycles. The molecule has 0 saturated carbocycles. The molecule has 0 radical (unpaired) electrons. The van der Waals surface area contributed by atoms with Gasteiger partial charge in [0.05, 0.1) is 0 Å². The normalized spacial score (nSPS) is 16.8. The monoisotopic (exact) mass is 241 g/mol. The molecule has 1 aliphatic rings. The molecule has 1 aliphatic heterocycles. The lowest BCUT2D eigenvalue weighted by Gasteiger charge is -2.30. The first-order chi connectivity index (χ1) is 7.81. The maximum absolute atomic E-state index is 11.9. The first-order valence-electron chi connectivity index (χ1n) is 6.06. The van der Waals surface area contributed by atoms with E-state index in [1.807, 2.05) is 20.8 Å². The fourth-order valence-corrected chi connectivity index (χ4v) is 1.95. The zero-order valence-corrected chi connectivity index (χ0v) is 11.2. The van der Waals surface area contributed by atoms with Crippen LogP contribution in [-0.2, 0) is 9.59 Å². The molecule has 0 bridgehead atoms. The van der Waals surface area contributed by atoms with Gasteiger partial charge in [-0.25, -0.2) is 0 Å². The van der Waals surface area contributed by atoms with Crippen LogP contribution in [0.1, 0.15) is 20.8 Å². The van der Waals surface area contributed by atoms with Gasteiger partial charge >= 0.3 is 11.8 Å². The van der Waals surface area contributed by atoms with E-state index >= 15 is 0 Å². The molecular formula is C12H23N3O2. The van der Waals surface area contributed by atoms with Gasteiger partial charge in [-0.2, -0.15) is 0 Å². The average Bonchev–Trinajstić information content (AvgIpc) is 2.26. The highest BCUT2D eigenvalue weighted by Crippen LogP contribution is 2.14. The molecule has 1 N–H and O–H groups in total. The van der Waals surface area contributed by atoms with Gasteiger partial charge in [0.25, 0.3) is 0 Å². The summed E-state index contributed by atoms with van der Waals surface area (Å²) in [4.78, 5) is 27.0. The fraction of sp³-hybridized carbons (Fsp3) is 0.833.